The molecule has 1 atom stereocenters. The van der Waals surface area contributed by atoms with Crippen LogP contribution in [0.3, 0.4) is 0 Å². The van der Waals surface area contributed by atoms with Gasteiger partial charge in [0, 0.05) is 13.0 Å². The van der Waals surface area contributed by atoms with Crippen LogP contribution in [0.2, 0.25) is 0 Å². The third kappa shape index (κ3) is 1.79. The molecule has 4 amide bonds. The molecule has 0 bridgehead atoms. The van der Waals surface area contributed by atoms with Gasteiger partial charge < -0.3 is 5.73 Å². The molecule has 22 heavy (non-hydrogen) atoms. The molecule has 3 N–H and O–H groups in total. The molecule has 7 heteroatoms. The van der Waals surface area contributed by atoms with Gasteiger partial charge in [-0.05, 0) is 25.0 Å². The predicted octanol–water partition coefficient (Wildman–Crippen LogP) is -0.0634. The number of nitrogens with one attached hydrogen (secondary N) is 1. The van der Waals surface area contributed by atoms with Gasteiger partial charge in [-0.15, -0.1) is 0 Å². The molecular formula is C15H15N3O4. The summed E-state index contributed by atoms with van der Waals surface area (Å²) in [7, 11) is 0. The molecule has 0 aromatic heterocycles. The number of benzene rings is 1. The van der Waals surface area contributed by atoms with E-state index < -0.39 is 29.2 Å². The lowest BCUT2D eigenvalue weighted by Gasteiger charge is -2.38. The van der Waals surface area contributed by atoms with Crippen LogP contribution in [0.15, 0.2) is 18.2 Å². The Hall–Kier alpha value is -2.54. The van der Waals surface area contributed by atoms with Crippen LogP contribution in [0.25, 0.3) is 0 Å². The monoisotopic (exact) mass is 301 g/mol. The van der Waals surface area contributed by atoms with Crippen molar-refractivity contribution in [1.29, 1.82) is 0 Å². The number of piperidine rings is 1. The lowest BCUT2D eigenvalue weighted by atomic mass is 9.89. The van der Waals surface area contributed by atoms with E-state index >= 15 is 0 Å². The van der Waals surface area contributed by atoms with Gasteiger partial charge in [-0.3, -0.25) is 29.4 Å². The number of rotatable bonds is 2. The first-order chi connectivity index (χ1) is 10.4. The van der Waals surface area contributed by atoms with Crippen LogP contribution in [0.4, 0.5) is 0 Å². The first-order valence-corrected chi connectivity index (χ1v) is 6.95. The minimum atomic E-state index is -1.37. The highest BCUT2D eigenvalue weighted by Gasteiger charge is 2.52. The molecule has 0 aliphatic carbocycles. The second-order valence-electron chi connectivity index (χ2n) is 5.64. The van der Waals surface area contributed by atoms with E-state index in [0.29, 0.717) is 5.56 Å². The first-order valence-electron chi connectivity index (χ1n) is 6.95. The standard InChI is InChI=1S/C15H15N3O4/c1-15(6-5-10(19)17-14(15)22)18-12(20)9-4-2-3-8(7-16)11(9)13(18)21/h2-4H,5-7,16H2,1H3,(H,17,19,22)/t15-/m0/s1. The predicted molar refractivity (Wildman–Crippen MR) is 75.6 cm³/mol. The lowest BCUT2D eigenvalue weighted by molar-refractivity contribution is -0.140. The van der Waals surface area contributed by atoms with Crippen LogP contribution in [-0.2, 0) is 16.1 Å². The molecule has 2 aliphatic heterocycles. The van der Waals surface area contributed by atoms with Crippen molar-refractivity contribution in [3.63, 3.8) is 0 Å². The van der Waals surface area contributed by atoms with Crippen LogP contribution >= 0.6 is 0 Å². The van der Waals surface area contributed by atoms with Crippen molar-refractivity contribution in [3.8, 4) is 0 Å². The van der Waals surface area contributed by atoms with Gasteiger partial charge in [-0.1, -0.05) is 12.1 Å². The second kappa shape index (κ2) is 4.74. The molecule has 1 aromatic carbocycles. The Bertz CT molecular complexity index is 727. The molecule has 0 unspecified atom stereocenters. The second-order valence-corrected chi connectivity index (χ2v) is 5.64. The summed E-state index contributed by atoms with van der Waals surface area (Å²) in [4.78, 5) is 49.8. The maximum atomic E-state index is 12.7. The van der Waals surface area contributed by atoms with E-state index in [1.54, 1.807) is 18.2 Å². The number of imide groups is 2. The fourth-order valence-electron chi connectivity index (χ4n) is 2.98. The highest BCUT2D eigenvalue weighted by atomic mass is 16.2. The maximum absolute atomic E-state index is 12.7. The van der Waals surface area contributed by atoms with Crippen LogP contribution < -0.4 is 11.1 Å². The highest BCUT2D eigenvalue weighted by Crippen LogP contribution is 2.35. The zero-order chi connectivity index (χ0) is 16.1. The molecular weight excluding hydrogens is 286 g/mol. The highest BCUT2D eigenvalue weighted by molar-refractivity contribution is 6.24. The van der Waals surface area contributed by atoms with E-state index in [1.807, 2.05) is 0 Å². The average molecular weight is 301 g/mol. The summed E-state index contributed by atoms with van der Waals surface area (Å²) < 4.78 is 0. The van der Waals surface area contributed by atoms with Crippen molar-refractivity contribution in [1.82, 2.24) is 10.2 Å². The van der Waals surface area contributed by atoms with Gasteiger partial charge >= 0.3 is 0 Å². The molecule has 114 valence electrons. The fourth-order valence-corrected chi connectivity index (χ4v) is 2.98. The average Bonchev–Trinajstić information content (AvgIpc) is 2.76. The molecule has 1 aromatic rings. The van der Waals surface area contributed by atoms with Crippen molar-refractivity contribution in [2.24, 2.45) is 5.73 Å². The Balaban J connectivity index is 2.08. The summed E-state index contributed by atoms with van der Waals surface area (Å²) in [6.45, 7) is 1.62. The number of fused-ring (bicyclic) bond motifs is 1. The number of amides is 4. The van der Waals surface area contributed by atoms with Gasteiger partial charge in [0.05, 0.1) is 11.1 Å². The van der Waals surface area contributed by atoms with E-state index in [2.05, 4.69) is 5.32 Å². The van der Waals surface area contributed by atoms with Crippen molar-refractivity contribution < 1.29 is 19.2 Å². The third-order valence-corrected chi connectivity index (χ3v) is 4.30. The van der Waals surface area contributed by atoms with E-state index in [4.69, 9.17) is 5.73 Å². The van der Waals surface area contributed by atoms with Crippen molar-refractivity contribution in [2.75, 3.05) is 0 Å². The Labute approximate surface area is 126 Å². The molecule has 7 nitrogen and oxygen atoms in total. The summed E-state index contributed by atoms with van der Waals surface area (Å²) in [5.74, 6) is -2.09. The van der Waals surface area contributed by atoms with Crippen molar-refractivity contribution >= 4 is 23.6 Å². The topological polar surface area (TPSA) is 110 Å². The summed E-state index contributed by atoms with van der Waals surface area (Å²) >= 11 is 0. The largest absolute Gasteiger partial charge is 0.326 e. The van der Waals surface area contributed by atoms with Gasteiger partial charge in [-0.25, -0.2) is 0 Å². The zero-order valence-corrected chi connectivity index (χ0v) is 12.0. The lowest BCUT2D eigenvalue weighted by Crippen LogP contribution is -2.62. The van der Waals surface area contributed by atoms with Gasteiger partial charge in [0.2, 0.25) is 5.91 Å². The number of carbonyl (C=O) groups is 4. The van der Waals surface area contributed by atoms with Crippen LogP contribution in [0, 0.1) is 0 Å². The summed E-state index contributed by atoms with van der Waals surface area (Å²) in [6, 6.07) is 4.88. The molecule has 1 fully saturated rings. The smallest absolute Gasteiger partial charge is 0.262 e. The summed E-state index contributed by atoms with van der Waals surface area (Å²) in [5, 5.41) is 2.19. The number of nitrogens with two attached hydrogens (primary N) is 1. The van der Waals surface area contributed by atoms with E-state index in [0.717, 1.165) is 4.90 Å². The van der Waals surface area contributed by atoms with Crippen LogP contribution in [0.5, 0.6) is 0 Å². The summed E-state index contributed by atoms with van der Waals surface area (Å²) in [6.07, 6.45) is 0.195. The molecule has 2 heterocycles. The molecule has 0 radical (unpaired) electrons. The summed E-state index contributed by atoms with van der Waals surface area (Å²) in [5.41, 5.74) is 5.32. The Morgan fingerprint density at radius 2 is 1.95 bits per heavy atom. The van der Waals surface area contributed by atoms with Crippen LogP contribution in [-0.4, -0.2) is 34.1 Å². The Morgan fingerprint density at radius 3 is 2.59 bits per heavy atom. The molecule has 3 rings (SSSR count). The molecule has 2 aliphatic rings. The first kappa shape index (κ1) is 14.4. The fraction of sp³-hybridized carbons (Fsp3) is 0.333. The number of nitrogens with zero attached hydrogens (tertiary/aromatic N) is 1. The Kier molecular flexibility index (Phi) is 3.10. The Morgan fingerprint density at radius 1 is 1.23 bits per heavy atom. The van der Waals surface area contributed by atoms with Crippen molar-refractivity contribution in [2.45, 2.75) is 31.8 Å². The normalized spacial score (nSPS) is 24.5. The number of hydrogen-bond donors (Lipinski definition) is 2. The maximum Gasteiger partial charge on any atom is 0.262 e. The van der Waals surface area contributed by atoms with Gasteiger partial charge in [0.25, 0.3) is 17.7 Å². The van der Waals surface area contributed by atoms with Gasteiger partial charge in [0.1, 0.15) is 5.54 Å². The van der Waals surface area contributed by atoms with Crippen molar-refractivity contribution in [3.05, 3.63) is 34.9 Å². The van der Waals surface area contributed by atoms with E-state index in [-0.39, 0.29) is 30.5 Å². The minimum Gasteiger partial charge on any atom is -0.326 e. The minimum absolute atomic E-state index is 0.0827. The van der Waals surface area contributed by atoms with E-state index in [9.17, 15) is 19.2 Å². The molecule has 1 saturated heterocycles. The van der Waals surface area contributed by atoms with E-state index in [1.165, 1.54) is 6.92 Å². The quantitative estimate of drug-likeness (QED) is 0.743. The number of hydrogen-bond acceptors (Lipinski definition) is 5. The zero-order valence-electron chi connectivity index (χ0n) is 12.0. The molecule has 0 saturated carbocycles. The van der Waals surface area contributed by atoms with Gasteiger partial charge in [-0.2, -0.15) is 0 Å². The third-order valence-electron chi connectivity index (χ3n) is 4.30. The SMILES string of the molecule is C[C@]1(N2C(=O)c3cccc(CN)c3C2=O)CCC(=O)NC1=O. The molecule has 0 spiro atoms. The number of carbonyl (C=O) groups excluding carboxylic acids is 4. The van der Waals surface area contributed by atoms with Crippen LogP contribution in [0.1, 0.15) is 46.0 Å². The van der Waals surface area contributed by atoms with Gasteiger partial charge in [0.15, 0.2) is 0 Å².